The van der Waals surface area contributed by atoms with Crippen molar-refractivity contribution < 1.29 is 19.2 Å². The molecule has 6 nitrogen and oxygen atoms in total. The molecule has 2 unspecified atom stereocenters. The molecule has 0 fully saturated rings. The van der Waals surface area contributed by atoms with Gasteiger partial charge in [-0.25, -0.2) is 0 Å². The van der Waals surface area contributed by atoms with E-state index in [1.165, 1.54) is 13.8 Å². The maximum Gasteiger partial charge on any atom is 0.316 e. The number of carbonyl (C=O) groups excluding carboxylic acids is 2. The Balaban J connectivity index is 4.58. The lowest BCUT2D eigenvalue weighted by atomic mass is 9.91. The maximum atomic E-state index is 11.3. The first-order chi connectivity index (χ1) is 6.90. The molecule has 0 aromatic carbocycles. The predicted octanol–water partition coefficient (Wildman–Crippen LogP) is 0.668. The Hall–Kier alpha value is -1.46. The highest BCUT2D eigenvalue weighted by Crippen LogP contribution is 2.15. The summed E-state index contributed by atoms with van der Waals surface area (Å²) in [6.07, 6.45) is 0. The summed E-state index contributed by atoms with van der Waals surface area (Å²) in [4.78, 5) is 32.2. The summed E-state index contributed by atoms with van der Waals surface area (Å²) in [5.41, 5.74) is 0. The molecule has 0 radical (unpaired) electrons. The van der Waals surface area contributed by atoms with Gasteiger partial charge in [0.05, 0.1) is 6.61 Å². The van der Waals surface area contributed by atoms with E-state index in [-0.39, 0.29) is 6.61 Å². The van der Waals surface area contributed by atoms with E-state index >= 15 is 0 Å². The number of ketones is 1. The number of hydrogen-bond acceptors (Lipinski definition) is 5. The number of nitrogens with zero attached hydrogens (tertiary/aromatic N) is 1. The van der Waals surface area contributed by atoms with E-state index < -0.39 is 35.1 Å². The Labute approximate surface area is 87.7 Å². The van der Waals surface area contributed by atoms with Crippen molar-refractivity contribution in [2.24, 2.45) is 11.8 Å². The van der Waals surface area contributed by atoms with Gasteiger partial charge in [-0.15, -0.1) is 0 Å². The molecule has 0 aliphatic rings. The zero-order chi connectivity index (χ0) is 12.0. The number of carbonyl (C=O) groups is 2. The summed E-state index contributed by atoms with van der Waals surface area (Å²) < 4.78 is 4.69. The number of nitro groups is 1. The number of Topliss-reactive ketones (excluding diaryl/α,β-unsaturated/α-hetero) is 1. The average molecular weight is 217 g/mol. The highest BCUT2D eigenvalue weighted by Gasteiger charge is 2.33. The maximum absolute atomic E-state index is 11.3. The summed E-state index contributed by atoms with van der Waals surface area (Å²) in [6, 6.07) is 0. The van der Waals surface area contributed by atoms with Gasteiger partial charge in [0.25, 0.3) is 0 Å². The fourth-order valence-corrected chi connectivity index (χ4v) is 1.37. The molecule has 0 spiro atoms. The van der Waals surface area contributed by atoms with Crippen molar-refractivity contribution >= 4 is 11.8 Å². The van der Waals surface area contributed by atoms with Crippen LogP contribution in [-0.2, 0) is 14.3 Å². The van der Waals surface area contributed by atoms with E-state index in [2.05, 4.69) is 4.74 Å². The van der Waals surface area contributed by atoms with Gasteiger partial charge < -0.3 is 4.74 Å². The topological polar surface area (TPSA) is 86.5 Å². The predicted molar refractivity (Wildman–Crippen MR) is 51.8 cm³/mol. The molecule has 0 heterocycles. The SMILES string of the molecule is CCOC(=O)C(C(C)=O)C(C)C[N+](=O)[O-]. The number of hydrogen-bond donors (Lipinski definition) is 0. The Kier molecular flexibility index (Phi) is 5.51. The zero-order valence-electron chi connectivity index (χ0n) is 9.06. The second-order valence-electron chi connectivity index (χ2n) is 3.33. The first-order valence-electron chi connectivity index (χ1n) is 4.69. The van der Waals surface area contributed by atoms with E-state index in [9.17, 15) is 19.7 Å². The molecule has 6 heteroatoms. The molecule has 0 aliphatic carbocycles. The van der Waals surface area contributed by atoms with Crippen molar-refractivity contribution in [3.05, 3.63) is 10.1 Å². The van der Waals surface area contributed by atoms with Crippen LogP contribution in [0.5, 0.6) is 0 Å². The van der Waals surface area contributed by atoms with Crippen LogP contribution >= 0.6 is 0 Å². The van der Waals surface area contributed by atoms with Crippen molar-refractivity contribution in [3.8, 4) is 0 Å². The third-order valence-corrected chi connectivity index (χ3v) is 1.98. The number of ether oxygens (including phenoxy) is 1. The molecule has 0 bridgehead atoms. The largest absolute Gasteiger partial charge is 0.465 e. The lowest BCUT2D eigenvalue weighted by Crippen LogP contribution is -2.33. The molecule has 86 valence electrons. The van der Waals surface area contributed by atoms with Crippen LogP contribution < -0.4 is 0 Å². The lowest BCUT2D eigenvalue weighted by molar-refractivity contribution is -0.488. The quantitative estimate of drug-likeness (QED) is 0.282. The molecule has 0 N–H and O–H groups in total. The van der Waals surface area contributed by atoms with Crippen LogP contribution in [0.2, 0.25) is 0 Å². The summed E-state index contributed by atoms with van der Waals surface area (Å²) in [7, 11) is 0. The molecular formula is C9H15NO5. The fourth-order valence-electron chi connectivity index (χ4n) is 1.37. The van der Waals surface area contributed by atoms with Crippen LogP contribution in [0.3, 0.4) is 0 Å². The van der Waals surface area contributed by atoms with Gasteiger partial charge in [0.15, 0.2) is 0 Å². The van der Waals surface area contributed by atoms with Gasteiger partial charge >= 0.3 is 5.97 Å². The fraction of sp³-hybridized carbons (Fsp3) is 0.778. The van der Waals surface area contributed by atoms with Gasteiger partial charge in [-0.3, -0.25) is 19.7 Å². The Morgan fingerprint density at radius 2 is 2.00 bits per heavy atom. The van der Waals surface area contributed by atoms with Crippen LogP contribution in [0.4, 0.5) is 0 Å². The van der Waals surface area contributed by atoms with Crippen LogP contribution in [0, 0.1) is 22.0 Å². The van der Waals surface area contributed by atoms with Crippen molar-refractivity contribution in [2.45, 2.75) is 20.8 Å². The van der Waals surface area contributed by atoms with Crippen LogP contribution in [0.1, 0.15) is 20.8 Å². The molecule has 0 amide bonds. The summed E-state index contributed by atoms with van der Waals surface area (Å²) in [5.74, 6) is -2.76. The molecular weight excluding hydrogens is 202 g/mol. The van der Waals surface area contributed by atoms with E-state index in [0.29, 0.717) is 0 Å². The van der Waals surface area contributed by atoms with Gasteiger partial charge in [0.2, 0.25) is 6.54 Å². The monoisotopic (exact) mass is 217 g/mol. The standard InChI is InChI=1S/C9H15NO5/c1-4-15-9(12)8(7(3)11)6(2)5-10(13)14/h6,8H,4-5H2,1-3H3. The number of rotatable bonds is 6. The van der Waals surface area contributed by atoms with Crippen LogP contribution in [0.25, 0.3) is 0 Å². The number of esters is 1. The third-order valence-electron chi connectivity index (χ3n) is 1.98. The minimum atomic E-state index is -1.03. The zero-order valence-corrected chi connectivity index (χ0v) is 9.06. The molecule has 0 aliphatic heterocycles. The lowest BCUT2D eigenvalue weighted by Gasteiger charge is -2.16. The molecule has 0 aromatic heterocycles. The second-order valence-corrected chi connectivity index (χ2v) is 3.33. The Morgan fingerprint density at radius 1 is 1.47 bits per heavy atom. The summed E-state index contributed by atoms with van der Waals surface area (Å²) in [6.45, 7) is 4.09. The van der Waals surface area contributed by atoms with Gasteiger partial charge in [-0.1, -0.05) is 6.92 Å². The average Bonchev–Trinajstić information content (AvgIpc) is 2.01. The summed E-state index contributed by atoms with van der Waals surface area (Å²) >= 11 is 0. The van der Waals surface area contributed by atoms with E-state index in [4.69, 9.17) is 0 Å². The molecule has 15 heavy (non-hydrogen) atoms. The third kappa shape index (κ3) is 4.53. The first kappa shape index (κ1) is 13.5. The van der Waals surface area contributed by atoms with Crippen LogP contribution in [0.15, 0.2) is 0 Å². The van der Waals surface area contributed by atoms with Crippen molar-refractivity contribution in [1.82, 2.24) is 0 Å². The molecule has 0 aromatic rings. The van der Waals surface area contributed by atoms with Crippen molar-refractivity contribution in [2.75, 3.05) is 13.2 Å². The highest BCUT2D eigenvalue weighted by molar-refractivity contribution is 5.98. The van der Waals surface area contributed by atoms with E-state index in [1.54, 1.807) is 6.92 Å². The van der Waals surface area contributed by atoms with E-state index in [0.717, 1.165) is 0 Å². The van der Waals surface area contributed by atoms with Crippen molar-refractivity contribution in [1.29, 1.82) is 0 Å². The van der Waals surface area contributed by atoms with E-state index in [1.807, 2.05) is 0 Å². The van der Waals surface area contributed by atoms with Gasteiger partial charge in [0, 0.05) is 10.8 Å². The second kappa shape index (κ2) is 6.10. The van der Waals surface area contributed by atoms with Crippen LogP contribution in [-0.4, -0.2) is 29.8 Å². The first-order valence-corrected chi connectivity index (χ1v) is 4.69. The van der Waals surface area contributed by atoms with Gasteiger partial charge in [-0.05, 0) is 13.8 Å². The van der Waals surface area contributed by atoms with Gasteiger partial charge in [0.1, 0.15) is 11.7 Å². The Bertz CT molecular complexity index is 263. The minimum Gasteiger partial charge on any atom is -0.465 e. The summed E-state index contributed by atoms with van der Waals surface area (Å²) in [5, 5.41) is 10.3. The minimum absolute atomic E-state index is 0.161. The smallest absolute Gasteiger partial charge is 0.316 e. The molecule has 0 saturated carbocycles. The van der Waals surface area contributed by atoms with Crippen molar-refractivity contribution in [3.63, 3.8) is 0 Å². The highest BCUT2D eigenvalue weighted by atomic mass is 16.6. The molecule has 0 rings (SSSR count). The normalized spacial score (nSPS) is 14.1. The molecule has 2 atom stereocenters. The van der Waals surface area contributed by atoms with Gasteiger partial charge in [-0.2, -0.15) is 0 Å². The molecule has 0 saturated heterocycles. The Morgan fingerprint density at radius 3 is 2.33 bits per heavy atom.